The highest BCUT2D eigenvalue weighted by atomic mass is 32.3. The van der Waals surface area contributed by atoms with Crippen LogP contribution in [0, 0.1) is 0 Å². The monoisotopic (exact) mass is 328 g/mol. The van der Waals surface area contributed by atoms with Gasteiger partial charge in [-0.3, -0.25) is 4.55 Å². The van der Waals surface area contributed by atoms with E-state index in [-0.39, 0.29) is 19.6 Å². The van der Waals surface area contributed by atoms with Gasteiger partial charge in [0, 0.05) is 6.61 Å². The van der Waals surface area contributed by atoms with Gasteiger partial charge in [-0.15, -0.1) is 0 Å². The van der Waals surface area contributed by atoms with Gasteiger partial charge >= 0.3 is 16.4 Å². The van der Waals surface area contributed by atoms with E-state index in [0.29, 0.717) is 26.2 Å². The summed E-state index contributed by atoms with van der Waals surface area (Å²) < 4.78 is 49.3. The molecular weight excluding hydrogens is 304 g/mol. The minimum absolute atomic E-state index is 0.0254. The fourth-order valence-corrected chi connectivity index (χ4v) is 1.87. The molecule has 0 fully saturated rings. The minimum Gasteiger partial charge on any atom is -0.461 e. The van der Waals surface area contributed by atoms with Gasteiger partial charge in [-0.05, 0) is 13.3 Å². The second-order valence-electron chi connectivity index (χ2n) is 4.13. The molecule has 0 aliphatic carbocycles. The smallest absolute Gasteiger partial charge is 0.398 e. The number of carbonyl (C=O) groups excluding carboxylic acids is 1. The summed E-state index contributed by atoms with van der Waals surface area (Å²) in [6.07, 6.45) is 0.142. The molecule has 0 heterocycles. The summed E-state index contributed by atoms with van der Waals surface area (Å²) in [7, 11) is -4.69. The Morgan fingerprint density at radius 3 is 2.29 bits per heavy atom. The molecule has 0 aliphatic heterocycles. The molecule has 0 saturated heterocycles. The number of esters is 1. The maximum atomic E-state index is 11.7. The average molecular weight is 328 g/mol. The lowest BCUT2D eigenvalue weighted by atomic mass is 10.2. The number of unbranched alkanes of at least 4 members (excludes halogenated alkanes) is 1. The second-order valence-corrected chi connectivity index (χ2v) is 5.18. The Labute approximate surface area is 125 Å². The lowest BCUT2D eigenvalue weighted by Crippen LogP contribution is -2.30. The standard InChI is InChI=1S/C12H24O8S/c1-3-5-6-11(20-21(14,15)16)12(13)19-10-9-18-8-7-17-4-2/h11H,3-10H2,1-2H3,(H,14,15,16). The van der Waals surface area contributed by atoms with Gasteiger partial charge in [0.25, 0.3) is 0 Å². The zero-order valence-electron chi connectivity index (χ0n) is 12.4. The van der Waals surface area contributed by atoms with E-state index in [1.807, 2.05) is 13.8 Å². The van der Waals surface area contributed by atoms with Gasteiger partial charge < -0.3 is 14.2 Å². The van der Waals surface area contributed by atoms with Crippen molar-refractivity contribution in [1.82, 2.24) is 0 Å². The minimum atomic E-state index is -4.69. The summed E-state index contributed by atoms with van der Waals surface area (Å²) in [4.78, 5) is 11.7. The summed E-state index contributed by atoms with van der Waals surface area (Å²) in [6.45, 7) is 5.33. The normalized spacial score (nSPS) is 13.1. The van der Waals surface area contributed by atoms with Gasteiger partial charge in [0.05, 0.1) is 19.8 Å². The molecule has 0 rings (SSSR count). The van der Waals surface area contributed by atoms with E-state index < -0.39 is 22.5 Å². The third kappa shape index (κ3) is 12.7. The maximum absolute atomic E-state index is 11.7. The van der Waals surface area contributed by atoms with Crippen molar-refractivity contribution in [3.63, 3.8) is 0 Å². The van der Waals surface area contributed by atoms with Gasteiger partial charge in [-0.25, -0.2) is 8.98 Å². The van der Waals surface area contributed by atoms with Crippen LogP contribution in [0.15, 0.2) is 0 Å². The van der Waals surface area contributed by atoms with Crippen molar-refractivity contribution in [2.24, 2.45) is 0 Å². The molecule has 8 nitrogen and oxygen atoms in total. The second kappa shape index (κ2) is 11.9. The number of hydrogen-bond acceptors (Lipinski definition) is 7. The molecule has 0 saturated carbocycles. The van der Waals surface area contributed by atoms with Crippen molar-refractivity contribution in [3.8, 4) is 0 Å². The van der Waals surface area contributed by atoms with Crippen LogP contribution < -0.4 is 0 Å². The largest absolute Gasteiger partial charge is 0.461 e. The van der Waals surface area contributed by atoms with Crippen LogP contribution in [0.3, 0.4) is 0 Å². The third-order valence-electron chi connectivity index (χ3n) is 2.37. The van der Waals surface area contributed by atoms with E-state index in [1.54, 1.807) is 0 Å². The lowest BCUT2D eigenvalue weighted by Gasteiger charge is -2.14. The van der Waals surface area contributed by atoms with Gasteiger partial charge in [0.15, 0.2) is 6.10 Å². The van der Waals surface area contributed by atoms with E-state index in [9.17, 15) is 13.2 Å². The van der Waals surface area contributed by atoms with Crippen molar-refractivity contribution >= 4 is 16.4 Å². The van der Waals surface area contributed by atoms with Crippen molar-refractivity contribution in [1.29, 1.82) is 0 Å². The van der Waals surface area contributed by atoms with Crippen LogP contribution in [-0.2, 0) is 33.6 Å². The van der Waals surface area contributed by atoms with Crippen molar-refractivity contribution in [3.05, 3.63) is 0 Å². The van der Waals surface area contributed by atoms with Crippen molar-refractivity contribution in [2.45, 2.75) is 39.2 Å². The number of hydrogen-bond donors (Lipinski definition) is 1. The Morgan fingerprint density at radius 1 is 1.10 bits per heavy atom. The summed E-state index contributed by atoms with van der Waals surface area (Å²) in [6, 6.07) is 0. The molecule has 126 valence electrons. The Balaban J connectivity index is 3.99. The number of ether oxygens (including phenoxy) is 3. The zero-order valence-corrected chi connectivity index (χ0v) is 13.3. The van der Waals surface area contributed by atoms with E-state index >= 15 is 0 Å². The van der Waals surface area contributed by atoms with Crippen LogP contribution in [0.4, 0.5) is 0 Å². The fourth-order valence-electron chi connectivity index (χ4n) is 1.40. The van der Waals surface area contributed by atoms with Crippen LogP contribution in [0.5, 0.6) is 0 Å². The predicted molar refractivity (Wildman–Crippen MR) is 74.2 cm³/mol. The molecule has 1 N–H and O–H groups in total. The summed E-state index contributed by atoms with van der Waals surface area (Å²) in [5, 5.41) is 0. The molecule has 0 aromatic rings. The molecule has 0 aromatic heterocycles. The number of rotatable bonds is 13. The first kappa shape index (κ1) is 20.3. The van der Waals surface area contributed by atoms with Gasteiger partial charge in [0.1, 0.15) is 6.61 Å². The first-order valence-electron chi connectivity index (χ1n) is 6.88. The quantitative estimate of drug-likeness (QED) is 0.302. The van der Waals surface area contributed by atoms with Crippen molar-refractivity contribution < 1.29 is 36.2 Å². The van der Waals surface area contributed by atoms with Crippen LogP contribution in [0.1, 0.15) is 33.1 Å². The van der Waals surface area contributed by atoms with E-state index in [2.05, 4.69) is 4.18 Å². The SMILES string of the molecule is CCCCC(OS(=O)(=O)O)C(=O)OCCOCCOCC. The lowest BCUT2D eigenvalue weighted by molar-refractivity contribution is -0.154. The third-order valence-corrected chi connectivity index (χ3v) is 2.84. The van der Waals surface area contributed by atoms with E-state index in [1.165, 1.54) is 0 Å². The molecule has 1 atom stereocenters. The molecule has 0 bridgehead atoms. The first-order valence-corrected chi connectivity index (χ1v) is 8.25. The summed E-state index contributed by atoms with van der Waals surface area (Å²) in [5.74, 6) is -0.838. The summed E-state index contributed by atoms with van der Waals surface area (Å²) >= 11 is 0. The highest BCUT2D eigenvalue weighted by Gasteiger charge is 2.25. The molecule has 1 unspecified atom stereocenters. The van der Waals surface area contributed by atoms with Gasteiger partial charge in [0.2, 0.25) is 0 Å². The van der Waals surface area contributed by atoms with Crippen LogP contribution in [-0.4, -0.2) is 58.1 Å². The number of carbonyl (C=O) groups is 1. The zero-order chi connectivity index (χ0) is 16.1. The molecule has 0 spiro atoms. The Hall–Kier alpha value is -0.740. The molecule has 21 heavy (non-hydrogen) atoms. The Bertz CT molecular complexity index is 367. The predicted octanol–water partition coefficient (Wildman–Crippen LogP) is 0.961. The topological polar surface area (TPSA) is 108 Å². The molecule has 0 radical (unpaired) electrons. The first-order chi connectivity index (χ1) is 9.90. The summed E-state index contributed by atoms with van der Waals surface area (Å²) in [5.41, 5.74) is 0. The molecule has 0 amide bonds. The van der Waals surface area contributed by atoms with E-state index in [4.69, 9.17) is 18.8 Å². The molecule has 9 heteroatoms. The Morgan fingerprint density at radius 2 is 1.71 bits per heavy atom. The van der Waals surface area contributed by atoms with Crippen LogP contribution >= 0.6 is 0 Å². The maximum Gasteiger partial charge on any atom is 0.398 e. The fraction of sp³-hybridized carbons (Fsp3) is 0.917. The highest BCUT2D eigenvalue weighted by molar-refractivity contribution is 7.80. The van der Waals surface area contributed by atoms with E-state index in [0.717, 1.165) is 6.42 Å². The van der Waals surface area contributed by atoms with Crippen LogP contribution in [0.2, 0.25) is 0 Å². The Kier molecular flexibility index (Phi) is 11.5. The van der Waals surface area contributed by atoms with Crippen molar-refractivity contribution in [2.75, 3.05) is 33.0 Å². The molecular formula is C12H24O8S. The molecule has 0 aliphatic rings. The van der Waals surface area contributed by atoms with Gasteiger partial charge in [-0.2, -0.15) is 8.42 Å². The highest BCUT2D eigenvalue weighted by Crippen LogP contribution is 2.09. The molecule has 0 aromatic carbocycles. The van der Waals surface area contributed by atoms with Crippen LogP contribution in [0.25, 0.3) is 0 Å². The van der Waals surface area contributed by atoms with Gasteiger partial charge in [-0.1, -0.05) is 19.8 Å². The average Bonchev–Trinajstić information content (AvgIpc) is 2.41.